The van der Waals surface area contributed by atoms with Crippen LogP contribution in [0, 0.1) is 11.3 Å². The van der Waals surface area contributed by atoms with Crippen LogP contribution in [0.1, 0.15) is 50.1 Å². The highest BCUT2D eigenvalue weighted by atomic mass is 35.5. The van der Waals surface area contributed by atoms with Gasteiger partial charge >= 0.3 is 0 Å². The van der Waals surface area contributed by atoms with Crippen LogP contribution in [0.5, 0.6) is 5.75 Å². The summed E-state index contributed by atoms with van der Waals surface area (Å²) in [5, 5.41) is 18.6. The molecule has 1 aromatic heterocycles. The number of anilines is 1. The summed E-state index contributed by atoms with van der Waals surface area (Å²) in [5.41, 5.74) is 0.672. The third-order valence-corrected chi connectivity index (χ3v) is 5.51. The van der Waals surface area contributed by atoms with Gasteiger partial charge in [-0.1, -0.05) is 26.7 Å². The second-order valence-corrected chi connectivity index (χ2v) is 8.58. The number of amides is 1. The van der Waals surface area contributed by atoms with Crippen LogP contribution in [0.3, 0.4) is 0 Å². The monoisotopic (exact) mass is 514 g/mol. The van der Waals surface area contributed by atoms with Gasteiger partial charge in [0.2, 0.25) is 5.82 Å². The molecular formula is C23H36Cl2N6O3. The van der Waals surface area contributed by atoms with E-state index in [-0.39, 0.29) is 55.2 Å². The smallest absolute Gasteiger partial charge is 0.289 e. The van der Waals surface area contributed by atoms with Crippen molar-refractivity contribution in [2.45, 2.75) is 51.6 Å². The van der Waals surface area contributed by atoms with Crippen LogP contribution in [0.2, 0.25) is 0 Å². The summed E-state index contributed by atoms with van der Waals surface area (Å²) in [5.74, 6) is 1.83. The number of amidine groups is 1. The topological polar surface area (TPSA) is 121 Å². The molecule has 3 rings (SSSR count). The van der Waals surface area contributed by atoms with Crippen molar-refractivity contribution in [3.05, 3.63) is 24.0 Å². The molecule has 0 bridgehead atoms. The Morgan fingerprint density at radius 1 is 1.15 bits per heavy atom. The number of methoxy groups -OCH3 is 2. The zero-order valence-corrected chi connectivity index (χ0v) is 21.8. The molecule has 4 N–H and O–H groups in total. The first-order valence-corrected chi connectivity index (χ1v) is 11.1. The first-order chi connectivity index (χ1) is 15.4. The zero-order valence-electron chi connectivity index (χ0n) is 20.1. The van der Waals surface area contributed by atoms with Gasteiger partial charge in [0.1, 0.15) is 24.0 Å². The molecule has 34 heavy (non-hydrogen) atoms. The summed E-state index contributed by atoms with van der Waals surface area (Å²) in [7, 11) is 3.20. The van der Waals surface area contributed by atoms with E-state index < -0.39 is 0 Å². The third kappa shape index (κ3) is 7.85. The fourth-order valence-corrected chi connectivity index (χ4v) is 3.88. The first kappa shape index (κ1) is 29.7. The van der Waals surface area contributed by atoms with E-state index in [0.29, 0.717) is 35.4 Å². The zero-order chi connectivity index (χ0) is 23.1. The molecule has 0 unspecified atom stereocenters. The molecule has 2 aromatic rings. The maximum atomic E-state index is 12.7. The molecule has 9 nitrogen and oxygen atoms in total. The number of carbonyl (C=O) groups is 1. The average molecular weight is 515 g/mol. The van der Waals surface area contributed by atoms with Crippen molar-refractivity contribution in [2.75, 3.05) is 32.7 Å². The van der Waals surface area contributed by atoms with Gasteiger partial charge in [-0.05, 0) is 37.0 Å². The van der Waals surface area contributed by atoms with Crippen molar-refractivity contribution < 1.29 is 14.3 Å². The van der Waals surface area contributed by atoms with Gasteiger partial charge < -0.3 is 25.4 Å². The van der Waals surface area contributed by atoms with Gasteiger partial charge in [0.05, 0.1) is 12.6 Å². The van der Waals surface area contributed by atoms with E-state index >= 15 is 0 Å². The lowest BCUT2D eigenvalue weighted by atomic mass is 9.90. The highest BCUT2D eigenvalue weighted by Crippen LogP contribution is 2.28. The number of fused-ring (bicyclic) bond motifs is 1. The number of benzene rings is 1. The Labute approximate surface area is 213 Å². The number of halogens is 2. The number of aromatic nitrogens is 2. The Bertz CT molecular complexity index is 960. The lowest BCUT2D eigenvalue weighted by Gasteiger charge is -2.34. The molecular weight excluding hydrogens is 479 g/mol. The number of hydrogen-bond donors (Lipinski definition) is 4. The van der Waals surface area contributed by atoms with E-state index in [9.17, 15) is 4.79 Å². The average Bonchev–Trinajstić information content (AvgIpc) is 2.78. The molecule has 11 heteroatoms. The van der Waals surface area contributed by atoms with Crippen molar-refractivity contribution in [3.63, 3.8) is 0 Å². The highest BCUT2D eigenvalue weighted by Gasteiger charge is 2.27. The first-order valence-electron chi connectivity index (χ1n) is 11.1. The van der Waals surface area contributed by atoms with Gasteiger partial charge in [-0.2, -0.15) is 0 Å². The molecule has 2 atom stereocenters. The van der Waals surface area contributed by atoms with Crippen LogP contribution in [-0.2, 0) is 4.74 Å². The van der Waals surface area contributed by atoms with Gasteiger partial charge in [-0.3, -0.25) is 10.2 Å². The quantitative estimate of drug-likeness (QED) is 0.296. The van der Waals surface area contributed by atoms with E-state index in [1.165, 1.54) is 0 Å². The molecule has 1 aliphatic rings. The third-order valence-electron chi connectivity index (χ3n) is 5.51. The van der Waals surface area contributed by atoms with Crippen LogP contribution in [-0.4, -0.2) is 61.2 Å². The number of nitrogens with one attached hydrogen (secondary N) is 4. The SMILES string of the molecule is COCC(=N)N[C@@H]1CCCC[C@@H]1Nc1nc(C(=O)NCC(C)C)nc2ccc(OC)cc12.Cl.Cl. The minimum Gasteiger partial charge on any atom is -0.497 e. The van der Waals surface area contributed by atoms with E-state index in [1.54, 1.807) is 14.2 Å². The molecule has 1 saturated carbocycles. The Balaban J connectivity index is 0.00000289. The fourth-order valence-electron chi connectivity index (χ4n) is 3.88. The maximum Gasteiger partial charge on any atom is 0.289 e. The van der Waals surface area contributed by atoms with Crippen molar-refractivity contribution in [2.24, 2.45) is 5.92 Å². The van der Waals surface area contributed by atoms with E-state index in [0.717, 1.165) is 31.1 Å². The molecule has 1 aliphatic carbocycles. The molecule has 1 heterocycles. The van der Waals surface area contributed by atoms with Gasteiger partial charge in [0.25, 0.3) is 5.91 Å². The Morgan fingerprint density at radius 2 is 1.85 bits per heavy atom. The molecule has 1 fully saturated rings. The Hall–Kier alpha value is -2.36. The molecule has 0 aliphatic heterocycles. The van der Waals surface area contributed by atoms with Crippen molar-refractivity contribution in [3.8, 4) is 5.75 Å². The van der Waals surface area contributed by atoms with Crippen LogP contribution in [0.25, 0.3) is 10.9 Å². The largest absolute Gasteiger partial charge is 0.497 e. The van der Waals surface area contributed by atoms with E-state index in [2.05, 4.69) is 25.9 Å². The van der Waals surface area contributed by atoms with Crippen LogP contribution >= 0.6 is 24.8 Å². The van der Waals surface area contributed by atoms with Gasteiger partial charge in [-0.15, -0.1) is 24.8 Å². The number of ether oxygens (including phenoxy) is 2. The van der Waals surface area contributed by atoms with Gasteiger partial charge in [-0.25, -0.2) is 9.97 Å². The molecule has 0 spiro atoms. The lowest BCUT2D eigenvalue weighted by molar-refractivity contribution is 0.0939. The van der Waals surface area contributed by atoms with Crippen LogP contribution < -0.4 is 20.7 Å². The molecule has 0 radical (unpaired) electrons. The Kier molecular flexibility index (Phi) is 12.3. The number of hydrogen-bond acceptors (Lipinski definition) is 7. The van der Waals surface area contributed by atoms with Crippen molar-refractivity contribution in [1.29, 1.82) is 5.41 Å². The van der Waals surface area contributed by atoms with Crippen molar-refractivity contribution >= 4 is 53.3 Å². The fraction of sp³-hybridized carbons (Fsp3) is 0.565. The highest BCUT2D eigenvalue weighted by molar-refractivity contribution is 5.97. The summed E-state index contributed by atoms with van der Waals surface area (Å²) in [4.78, 5) is 21.8. The second-order valence-electron chi connectivity index (χ2n) is 8.58. The summed E-state index contributed by atoms with van der Waals surface area (Å²) < 4.78 is 10.5. The summed E-state index contributed by atoms with van der Waals surface area (Å²) >= 11 is 0. The Morgan fingerprint density at radius 3 is 2.50 bits per heavy atom. The predicted molar refractivity (Wildman–Crippen MR) is 140 cm³/mol. The second kappa shape index (κ2) is 14.1. The van der Waals surface area contributed by atoms with Gasteiger partial charge in [0.15, 0.2) is 0 Å². The summed E-state index contributed by atoms with van der Waals surface area (Å²) in [6.45, 7) is 4.88. The summed E-state index contributed by atoms with van der Waals surface area (Å²) in [6.07, 6.45) is 4.05. The molecule has 1 amide bonds. The predicted octanol–water partition coefficient (Wildman–Crippen LogP) is 3.80. The maximum absolute atomic E-state index is 12.7. The number of nitrogens with zero attached hydrogens (tertiary/aromatic N) is 2. The standard InChI is InChI=1S/C23H34N6O3.2ClH/c1-14(2)12-25-23(30)22-27-17-10-9-15(32-4)11-16(17)21(29-22)28-19-8-6-5-7-18(19)26-20(24)13-31-3;;/h9-11,14,18-19H,5-8,12-13H2,1-4H3,(H2,24,26)(H,25,30)(H,27,28,29);2*1H/t18-,19+;;/m1../s1. The molecule has 1 aromatic carbocycles. The van der Waals surface area contributed by atoms with E-state index in [1.807, 2.05) is 32.0 Å². The minimum atomic E-state index is -0.292. The molecule has 190 valence electrons. The number of carbonyl (C=O) groups excluding carboxylic acids is 1. The van der Waals surface area contributed by atoms with Gasteiger partial charge in [0, 0.05) is 31.1 Å². The number of rotatable bonds is 9. The lowest BCUT2D eigenvalue weighted by Crippen LogP contribution is -2.49. The molecule has 0 saturated heterocycles. The normalized spacial score (nSPS) is 17.3. The van der Waals surface area contributed by atoms with Crippen LogP contribution in [0.15, 0.2) is 18.2 Å². The van der Waals surface area contributed by atoms with E-state index in [4.69, 9.17) is 14.9 Å². The van der Waals surface area contributed by atoms with Crippen molar-refractivity contribution in [1.82, 2.24) is 20.6 Å². The minimum absolute atomic E-state index is 0. The summed E-state index contributed by atoms with van der Waals surface area (Å²) in [6, 6.07) is 5.67. The van der Waals surface area contributed by atoms with Crippen LogP contribution in [0.4, 0.5) is 5.82 Å².